The highest BCUT2D eigenvalue weighted by atomic mass is 16.2. The number of amides is 1. The lowest BCUT2D eigenvalue weighted by Crippen LogP contribution is -2.41. The highest BCUT2D eigenvalue weighted by Gasteiger charge is 2.15. The Labute approximate surface area is 102 Å². The molecule has 90 valence electrons. The highest BCUT2D eigenvalue weighted by Crippen LogP contribution is 2.13. The molecule has 0 aliphatic rings. The Balaban J connectivity index is 2.60. The Morgan fingerprint density at radius 3 is 2.59 bits per heavy atom. The van der Waals surface area contributed by atoms with E-state index in [-0.39, 0.29) is 18.4 Å². The Kier molecular flexibility index (Phi) is 4.74. The van der Waals surface area contributed by atoms with Gasteiger partial charge in [0.05, 0.1) is 12.1 Å². The zero-order chi connectivity index (χ0) is 12.8. The molecular weight excluding hydrogens is 212 g/mol. The third-order valence-electron chi connectivity index (χ3n) is 2.61. The van der Waals surface area contributed by atoms with E-state index in [0.29, 0.717) is 0 Å². The average molecular weight is 230 g/mol. The molecular formula is C14H18N2O. The van der Waals surface area contributed by atoms with Crippen molar-refractivity contribution in [2.75, 3.05) is 0 Å². The minimum atomic E-state index is -0.632. The smallest absolute Gasteiger partial charge is 0.238 e. The predicted octanol–water partition coefficient (Wildman–Crippen LogP) is 1.52. The molecule has 3 N–H and O–H groups in total. The summed E-state index contributed by atoms with van der Waals surface area (Å²) in [5.41, 5.74) is 7.87. The van der Waals surface area contributed by atoms with E-state index in [1.807, 2.05) is 38.1 Å². The lowest BCUT2D eigenvalue weighted by Gasteiger charge is -2.17. The van der Waals surface area contributed by atoms with Gasteiger partial charge < -0.3 is 11.1 Å². The summed E-state index contributed by atoms with van der Waals surface area (Å²) in [7, 11) is 0. The Bertz CT molecular complexity index is 417. The van der Waals surface area contributed by atoms with E-state index >= 15 is 0 Å². The Morgan fingerprint density at radius 1 is 1.47 bits per heavy atom. The van der Waals surface area contributed by atoms with Gasteiger partial charge in [-0.1, -0.05) is 29.8 Å². The van der Waals surface area contributed by atoms with E-state index in [1.165, 1.54) is 5.56 Å². The van der Waals surface area contributed by atoms with E-state index < -0.39 is 6.04 Å². The van der Waals surface area contributed by atoms with Crippen LogP contribution in [0.5, 0.6) is 0 Å². The summed E-state index contributed by atoms with van der Waals surface area (Å²) in [6.45, 7) is 3.95. The molecule has 0 aliphatic heterocycles. The van der Waals surface area contributed by atoms with Crippen molar-refractivity contribution in [2.45, 2.75) is 32.4 Å². The van der Waals surface area contributed by atoms with Gasteiger partial charge in [-0.05, 0) is 19.4 Å². The molecule has 1 amide bonds. The molecule has 0 spiro atoms. The van der Waals surface area contributed by atoms with Crippen molar-refractivity contribution < 1.29 is 4.79 Å². The maximum absolute atomic E-state index is 11.7. The molecule has 0 aromatic heterocycles. The number of carbonyl (C=O) groups is 1. The number of carbonyl (C=O) groups excluding carboxylic acids is 1. The van der Waals surface area contributed by atoms with Gasteiger partial charge in [0.15, 0.2) is 0 Å². The number of benzene rings is 1. The second kappa shape index (κ2) is 6.07. The monoisotopic (exact) mass is 230 g/mol. The SMILES string of the molecule is C#CCC(N)C(=O)N[C@@H](C)c1ccc(C)cc1. The van der Waals surface area contributed by atoms with Crippen molar-refractivity contribution in [3.05, 3.63) is 35.4 Å². The molecule has 3 nitrogen and oxygen atoms in total. The first kappa shape index (κ1) is 13.3. The Hall–Kier alpha value is -1.79. The quantitative estimate of drug-likeness (QED) is 0.771. The van der Waals surface area contributed by atoms with Crippen LogP contribution >= 0.6 is 0 Å². The number of aryl methyl sites for hydroxylation is 1. The first-order chi connectivity index (χ1) is 8.04. The minimum absolute atomic E-state index is 0.0630. The molecule has 0 heterocycles. The number of hydrogen-bond acceptors (Lipinski definition) is 2. The molecule has 0 saturated carbocycles. The van der Waals surface area contributed by atoms with Crippen molar-refractivity contribution in [3.63, 3.8) is 0 Å². The van der Waals surface area contributed by atoms with Gasteiger partial charge in [0.25, 0.3) is 0 Å². The van der Waals surface area contributed by atoms with Gasteiger partial charge in [0, 0.05) is 6.42 Å². The lowest BCUT2D eigenvalue weighted by atomic mass is 10.1. The second-order valence-electron chi connectivity index (χ2n) is 4.16. The van der Waals surface area contributed by atoms with E-state index in [0.717, 1.165) is 5.56 Å². The number of nitrogens with one attached hydrogen (secondary N) is 1. The first-order valence-corrected chi connectivity index (χ1v) is 5.60. The fourth-order valence-electron chi connectivity index (χ4n) is 1.48. The van der Waals surface area contributed by atoms with Gasteiger partial charge in [-0.2, -0.15) is 0 Å². The summed E-state index contributed by atoms with van der Waals surface area (Å²) in [4.78, 5) is 11.7. The van der Waals surface area contributed by atoms with E-state index in [4.69, 9.17) is 12.2 Å². The van der Waals surface area contributed by atoms with Gasteiger partial charge in [-0.3, -0.25) is 4.79 Å². The summed E-state index contributed by atoms with van der Waals surface area (Å²) in [6.07, 6.45) is 5.37. The van der Waals surface area contributed by atoms with Crippen LogP contribution in [0.4, 0.5) is 0 Å². The van der Waals surface area contributed by atoms with Gasteiger partial charge in [-0.15, -0.1) is 12.3 Å². The van der Waals surface area contributed by atoms with Crippen LogP contribution in [0.3, 0.4) is 0 Å². The molecule has 1 unspecified atom stereocenters. The fraction of sp³-hybridized carbons (Fsp3) is 0.357. The van der Waals surface area contributed by atoms with Crippen molar-refractivity contribution in [3.8, 4) is 12.3 Å². The van der Waals surface area contributed by atoms with Crippen LogP contribution in [0.1, 0.15) is 30.5 Å². The summed E-state index contributed by atoms with van der Waals surface area (Å²) in [5, 5.41) is 2.84. The fourth-order valence-corrected chi connectivity index (χ4v) is 1.48. The molecule has 2 atom stereocenters. The predicted molar refractivity (Wildman–Crippen MR) is 69.2 cm³/mol. The molecule has 0 radical (unpaired) electrons. The van der Waals surface area contributed by atoms with Crippen molar-refractivity contribution >= 4 is 5.91 Å². The maximum Gasteiger partial charge on any atom is 0.238 e. The zero-order valence-corrected chi connectivity index (χ0v) is 10.2. The molecule has 1 aromatic carbocycles. The molecule has 0 fully saturated rings. The molecule has 0 aliphatic carbocycles. The third kappa shape index (κ3) is 3.93. The van der Waals surface area contributed by atoms with E-state index in [1.54, 1.807) is 0 Å². The van der Waals surface area contributed by atoms with Crippen LogP contribution in [-0.4, -0.2) is 11.9 Å². The van der Waals surface area contributed by atoms with Gasteiger partial charge in [0.1, 0.15) is 0 Å². The Morgan fingerprint density at radius 2 is 2.06 bits per heavy atom. The minimum Gasteiger partial charge on any atom is -0.348 e. The van der Waals surface area contributed by atoms with Crippen LogP contribution < -0.4 is 11.1 Å². The summed E-state index contributed by atoms with van der Waals surface area (Å²) in [5.74, 6) is 2.17. The summed E-state index contributed by atoms with van der Waals surface area (Å²) in [6, 6.07) is 7.32. The van der Waals surface area contributed by atoms with E-state index in [2.05, 4.69) is 11.2 Å². The van der Waals surface area contributed by atoms with Crippen molar-refractivity contribution in [1.82, 2.24) is 5.32 Å². The van der Waals surface area contributed by atoms with Crippen LogP contribution in [0.2, 0.25) is 0 Å². The van der Waals surface area contributed by atoms with Crippen LogP contribution in [-0.2, 0) is 4.79 Å². The van der Waals surface area contributed by atoms with Gasteiger partial charge in [-0.25, -0.2) is 0 Å². The molecule has 1 aromatic rings. The van der Waals surface area contributed by atoms with Crippen LogP contribution in [0, 0.1) is 19.3 Å². The zero-order valence-electron chi connectivity index (χ0n) is 10.2. The normalized spacial score (nSPS) is 13.5. The van der Waals surface area contributed by atoms with Crippen LogP contribution in [0.15, 0.2) is 24.3 Å². The van der Waals surface area contributed by atoms with Gasteiger partial charge >= 0.3 is 0 Å². The van der Waals surface area contributed by atoms with Crippen molar-refractivity contribution in [1.29, 1.82) is 0 Å². The molecule has 3 heteroatoms. The number of terminal acetylenes is 1. The highest BCUT2D eigenvalue weighted by molar-refractivity contribution is 5.82. The lowest BCUT2D eigenvalue weighted by molar-refractivity contribution is -0.122. The van der Waals surface area contributed by atoms with Crippen LogP contribution in [0.25, 0.3) is 0 Å². The average Bonchev–Trinajstić information content (AvgIpc) is 2.30. The summed E-state index contributed by atoms with van der Waals surface area (Å²) >= 11 is 0. The molecule has 0 bridgehead atoms. The number of hydrogen-bond donors (Lipinski definition) is 2. The standard InChI is InChI=1S/C14H18N2O/c1-4-5-13(15)14(17)16-11(3)12-8-6-10(2)7-9-12/h1,6-9,11,13H,5,15H2,2-3H3,(H,16,17)/t11-,13?/m0/s1. The third-order valence-corrected chi connectivity index (χ3v) is 2.61. The van der Waals surface area contributed by atoms with Gasteiger partial charge in [0.2, 0.25) is 5.91 Å². The van der Waals surface area contributed by atoms with Crippen molar-refractivity contribution in [2.24, 2.45) is 5.73 Å². The van der Waals surface area contributed by atoms with E-state index in [9.17, 15) is 4.79 Å². The maximum atomic E-state index is 11.7. The second-order valence-corrected chi connectivity index (χ2v) is 4.16. The largest absolute Gasteiger partial charge is 0.348 e. The molecule has 17 heavy (non-hydrogen) atoms. The molecule has 1 rings (SSSR count). The number of nitrogens with two attached hydrogens (primary N) is 1. The first-order valence-electron chi connectivity index (χ1n) is 5.60. The number of rotatable bonds is 4. The molecule has 0 saturated heterocycles. The topological polar surface area (TPSA) is 55.1 Å². The summed E-state index contributed by atoms with van der Waals surface area (Å²) < 4.78 is 0.